The maximum absolute atomic E-state index is 11.6. The number of nitro groups is 1. The number of carbonyl (C=O) groups is 1. The number of nitrogens with zero attached hydrogens (tertiary/aromatic N) is 2. The molecule has 0 saturated carbocycles. The van der Waals surface area contributed by atoms with Crippen molar-refractivity contribution in [1.82, 2.24) is 4.98 Å². The molecule has 0 saturated heterocycles. The molecular weight excluding hydrogens is 300 g/mol. The Labute approximate surface area is 133 Å². The van der Waals surface area contributed by atoms with Crippen LogP contribution in [0.15, 0.2) is 48.7 Å². The van der Waals surface area contributed by atoms with E-state index in [1.54, 1.807) is 0 Å². The van der Waals surface area contributed by atoms with Gasteiger partial charge in [-0.2, -0.15) is 0 Å². The van der Waals surface area contributed by atoms with Gasteiger partial charge >= 0.3 is 11.8 Å². The molecule has 0 radical (unpaired) electrons. The minimum absolute atomic E-state index is 0.0567. The summed E-state index contributed by atoms with van der Waals surface area (Å²) in [6, 6.07) is 12.7. The van der Waals surface area contributed by atoms with Crippen LogP contribution >= 0.6 is 0 Å². The summed E-state index contributed by atoms with van der Waals surface area (Å²) in [5.74, 6) is -1.06. The smallest absolute Gasteiger partial charge is 0.406 e. The Hall–Kier alpha value is -2.96. The van der Waals surface area contributed by atoms with E-state index < -0.39 is 23.3 Å². The molecule has 0 bridgehead atoms. The van der Waals surface area contributed by atoms with E-state index in [1.165, 1.54) is 23.9 Å². The molecule has 0 unspecified atom stereocenters. The standard InChI is InChI=1S/C16H16N2O5/c19-15(22-11-5-8-13-6-2-1-3-7-13)12-23-14-9-4-10-17-16(14)18(20)21/h1-4,6-7,9-10H,5,8,11-12H2. The van der Waals surface area contributed by atoms with Gasteiger partial charge in [-0.1, -0.05) is 30.3 Å². The van der Waals surface area contributed by atoms with E-state index in [0.29, 0.717) is 6.42 Å². The molecule has 2 aromatic rings. The van der Waals surface area contributed by atoms with E-state index in [9.17, 15) is 14.9 Å². The van der Waals surface area contributed by atoms with Crippen LogP contribution in [0.2, 0.25) is 0 Å². The molecule has 1 aromatic carbocycles. The van der Waals surface area contributed by atoms with Crippen molar-refractivity contribution in [3.63, 3.8) is 0 Å². The largest absolute Gasteiger partial charge is 0.474 e. The first-order chi connectivity index (χ1) is 11.2. The first kappa shape index (κ1) is 16.4. The Morgan fingerprint density at radius 2 is 1.96 bits per heavy atom. The van der Waals surface area contributed by atoms with Crippen LogP contribution < -0.4 is 4.74 Å². The van der Waals surface area contributed by atoms with Crippen molar-refractivity contribution in [3.05, 3.63) is 64.3 Å². The van der Waals surface area contributed by atoms with Crippen LogP contribution in [0.5, 0.6) is 5.75 Å². The van der Waals surface area contributed by atoms with E-state index in [2.05, 4.69) is 4.98 Å². The maximum atomic E-state index is 11.6. The molecule has 2 rings (SSSR count). The number of ether oxygens (including phenoxy) is 2. The summed E-state index contributed by atoms with van der Waals surface area (Å²) in [7, 11) is 0. The molecule has 7 nitrogen and oxygen atoms in total. The Morgan fingerprint density at radius 1 is 1.17 bits per heavy atom. The van der Waals surface area contributed by atoms with Gasteiger partial charge in [0.25, 0.3) is 0 Å². The van der Waals surface area contributed by atoms with E-state index in [0.717, 1.165) is 6.42 Å². The highest BCUT2D eigenvalue weighted by Gasteiger charge is 2.16. The SMILES string of the molecule is O=C(COc1cccnc1[N+](=O)[O-])OCCCc1ccccc1. The lowest BCUT2D eigenvalue weighted by atomic mass is 10.1. The van der Waals surface area contributed by atoms with Crippen LogP contribution in [0.3, 0.4) is 0 Å². The fourth-order valence-electron chi connectivity index (χ4n) is 1.92. The van der Waals surface area contributed by atoms with Gasteiger partial charge in [-0.25, -0.2) is 4.79 Å². The van der Waals surface area contributed by atoms with E-state index in [4.69, 9.17) is 9.47 Å². The molecular formula is C16H16N2O5. The summed E-state index contributed by atoms with van der Waals surface area (Å²) >= 11 is 0. The minimum atomic E-state index is -0.666. The molecule has 23 heavy (non-hydrogen) atoms. The number of esters is 1. The lowest BCUT2D eigenvalue weighted by Gasteiger charge is -2.07. The second-order valence-electron chi connectivity index (χ2n) is 4.68. The van der Waals surface area contributed by atoms with Crippen LogP contribution in [-0.2, 0) is 16.0 Å². The molecule has 0 aliphatic rings. The van der Waals surface area contributed by atoms with Crippen LogP contribution in [-0.4, -0.2) is 29.1 Å². The van der Waals surface area contributed by atoms with Gasteiger partial charge in [-0.15, -0.1) is 0 Å². The van der Waals surface area contributed by atoms with Crippen molar-refractivity contribution in [1.29, 1.82) is 0 Å². The minimum Gasteiger partial charge on any atom is -0.474 e. The number of rotatable bonds is 8. The first-order valence-corrected chi connectivity index (χ1v) is 7.08. The summed E-state index contributed by atoms with van der Waals surface area (Å²) in [5, 5.41) is 10.8. The first-order valence-electron chi connectivity index (χ1n) is 7.08. The van der Waals surface area contributed by atoms with E-state index in [-0.39, 0.29) is 12.4 Å². The van der Waals surface area contributed by atoms with Gasteiger partial charge in [0, 0.05) is 0 Å². The van der Waals surface area contributed by atoms with Crippen molar-refractivity contribution < 1.29 is 19.2 Å². The van der Waals surface area contributed by atoms with Crippen molar-refractivity contribution in [3.8, 4) is 5.75 Å². The fourth-order valence-corrected chi connectivity index (χ4v) is 1.92. The van der Waals surface area contributed by atoms with Gasteiger partial charge in [0.15, 0.2) is 6.61 Å². The van der Waals surface area contributed by atoms with Crippen molar-refractivity contribution >= 4 is 11.8 Å². The van der Waals surface area contributed by atoms with Crippen LogP contribution in [0.25, 0.3) is 0 Å². The molecule has 0 aliphatic heterocycles. The van der Waals surface area contributed by atoms with Gasteiger partial charge in [-0.3, -0.25) is 0 Å². The highest BCUT2D eigenvalue weighted by molar-refractivity contribution is 5.71. The molecule has 0 spiro atoms. The number of aryl methyl sites for hydroxylation is 1. The third-order valence-electron chi connectivity index (χ3n) is 2.98. The summed E-state index contributed by atoms with van der Waals surface area (Å²) in [4.78, 5) is 25.3. The zero-order valence-electron chi connectivity index (χ0n) is 12.4. The van der Waals surface area contributed by atoms with Crippen LogP contribution in [0.1, 0.15) is 12.0 Å². The summed E-state index contributed by atoms with van der Waals surface area (Å²) in [5.41, 5.74) is 1.17. The number of aromatic nitrogens is 1. The zero-order chi connectivity index (χ0) is 16.5. The zero-order valence-corrected chi connectivity index (χ0v) is 12.4. The Balaban J connectivity index is 1.70. The average Bonchev–Trinajstić information content (AvgIpc) is 2.58. The molecule has 1 aromatic heterocycles. The number of pyridine rings is 1. The second kappa shape index (κ2) is 8.47. The molecule has 0 fully saturated rings. The highest BCUT2D eigenvalue weighted by atomic mass is 16.6. The number of carbonyl (C=O) groups excluding carboxylic acids is 1. The fraction of sp³-hybridized carbons (Fsp3) is 0.250. The summed E-state index contributed by atoms with van der Waals surface area (Å²) in [6.07, 6.45) is 2.79. The summed E-state index contributed by atoms with van der Waals surface area (Å²) in [6.45, 7) is -0.121. The molecule has 0 N–H and O–H groups in total. The van der Waals surface area contributed by atoms with Gasteiger partial charge in [0.2, 0.25) is 5.75 Å². The third kappa shape index (κ3) is 5.39. The topological polar surface area (TPSA) is 91.6 Å². The molecule has 1 heterocycles. The predicted molar refractivity (Wildman–Crippen MR) is 82.1 cm³/mol. The lowest BCUT2D eigenvalue weighted by Crippen LogP contribution is -2.16. The quantitative estimate of drug-likeness (QED) is 0.322. The Morgan fingerprint density at radius 3 is 2.70 bits per heavy atom. The monoisotopic (exact) mass is 316 g/mol. The third-order valence-corrected chi connectivity index (χ3v) is 2.98. The highest BCUT2D eigenvalue weighted by Crippen LogP contribution is 2.22. The normalized spacial score (nSPS) is 10.1. The number of benzene rings is 1. The second-order valence-corrected chi connectivity index (χ2v) is 4.68. The molecule has 0 aliphatic carbocycles. The summed E-state index contributed by atoms with van der Waals surface area (Å²) < 4.78 is 10.1. The maximum Gasteiger partial charge on any atom is 0.406 e. The van der Waals surface area contributed by atoms with Gasteiger partial charge in [0.1, 0.15) is 6.20 Å². The van der Waals surface area contributed by atoms with E-state index >= 15 is 0 Å². The molecule has 7 heteroatoms. The van der Waals surface area contributed by atoms with Crippen LogP contribution in [0.4, 0.5) is 5.82 Å². The molecule has 120 valence electrons. The van der Waals surface area contributed by atoms with Crippen molar-refractivity contribution in [2.75, 3.05) is 13.2 Å². The van der Waals surface area contributed by atoms with Gasteiger partial charge in [-0.05, 0) is 40.4 Å². The van der Waals surface area contributed by atoms with E-state index in [1.807, 2.05) is 30.3 Å². The Bertz CT molecular complexity index is 661. The molecule has 0 atom stereocenters. The molecule has 0 amide bonds. The van der Waals surface area contributed by atoms with Gasteiger partial charge < -0.3 is 19.6 Å². The van der Waals surface area contributed by atoms with Crippen molar-refractivity contribution in [2.45, 2.75) is 12.8 Å². The predicted octanol–water partition coefficient (Wildman–Crippen LogP) is 2.54. The van der Waals surface area contributed by atoms with Crippen LogP contribution in [0, 0.1) is 10.1 Å². The number of hydrogen-bond acceptors (Lipinski definition) is 6. The van der Waals surface area contributed by atoms with Gasteiger partial charge in [0.05, 0.1) is 6.61 Å². The number of hydrogen-bond donors (Lipinski definition) is 0. The lowest BCUT2D eigenvalue weighted by molar-refractivity contribution is -0.390. The van der Waals surface area contributed by atoms with Crippen molar-refractivity contribution in [2.24, 2.45) is 0 Å². The average molecular weight is 316 g/mol. The Kier molecular flexibility index (Phi) is 6.05.